The number of carbonyl (C=O) groups excluding carboxylic acids is 1. The van der Waals surface area contributed by atoms with Crippen LogP contribution in [0.1, 0.15) is 111 Å². The zero-order chi connectivity index (χ0) is 53.4. The van der Waals surface area contributed by atoms with E-state index in [4.69, 9.17) is 14.2 Å². The van der Waals surface area contributed by atoms with Crippen molar-refractivity contribution in [2.45, 2.75) is 107 Å². The van der Waals surface area contributed by atoms with Gasteiger partial charge in [-0.1, -0.05) is 44.2 Å². The van der Waals surface area contributed by atoms with E-state index < -0.39 is 37.0 Å². The number of nitrogens with zero attached hydrogens (tertiary/aromatic N) is 5. The highest BCUT2D eigenvalue weighted by Gasteiger charge is 2.50. The molecule has 1 atom stereocenters. The Balaban J connectivity index is 0.831. The third kappa shape index (κ3) is 11.4. The molecule has 1 unspecified atom stereocenters. The van der Waals surface area contributed by atoms with Crippen LogP contribution < -0.4 is 29.1 Å². The Morgan fingerprint density at radius 2 is 1.67 bits per heavy atom. The van der Waals surface area contributed by atoms with Gasteiger partial charge >= 0.3 is 0 Å². The number of rotatable bonds is 17. The van der Waals surface area contributed by atoms with Crippen molar-refractivity contribution >= 4 is 44.0 Å². The van der Waals surface area contributed by atoms with Gasteiger partial charge in [0.15, 0.2) is 11.5 Å². The Morgan fingerprint density at radius 3 is 2.41 bits per heavy atom. The van der Waals surface area contributed by atoms with Crippen LogP contribution >= 0.6 is 0 Å². The van der Waals surface area contributed by atoms with E-state index in [1.54, 1.807) is 44.8 Å². The number of aromatic amines is 1. The summed E-state index contributed by atoms with van der Waals surface area (Å²) < 4.78 is 47.5. The number of benzene rings is 4. The molecule has 2 aromatic heterocycles. The first-order valence-electron chi connectivity index (χ1n) is 26.6. The number of nitrogens with one attached hydrogen (secondary N) is 3. The summed E-state index contributed by atoms with van der Waals surface area (Å²) in [6, 6.07) is 28.3. The molecule has 2 aliphatic heterocycles. The van der Waals surface area contributed by atoms with Crippen molar-refractivity contribution in [2.75, 3.05) is 63.7 Å². The number of carbonyl (C=O) groups is 1. The number of hydrogen-bond acceptors (Lipinski definition) is 14. The van der Waals surface area contributed by atoms with E-state index in [-0.39, 0.29) is 34.4 Å². The van der Waals surface area contributed by atoms with E-state index in [0.717, 1.165) is 106 Å². The molecule has 402 valence electrons. The lowest BCUT2D eigenvalue weighted by Gasteiger charge is -2.58. The fourth-order valence-electron chi connectivity index (χ4n) is 12.2. The van der Waals surface area contributed by atoms with Crippen LogP contribution in [0.5, 0.6) is 23.0 Å². The summed E-state index contributed by atoms with van der Waals surface area (Å²) in [5.41, 5.74) is 4.71. The van der Waals surface area contributed by atoms with Crippen molar-refractivity contribution in [2.24, 2.45) is 11.3 Å². The molecule has 0 bridgehead atoms. The van der Waals surface area contributed by atoms with Crippen molar-refractivity contribution in [3.05, 3.63) is 136 Å². The fourth-order valence-corrected chi connectivity index (χ4v) is 13.2. The van der Waals surface area contributed by atoms with Crippen LogP contribution in [-0.2, 0) is 16.6 Å². The van der Waals surface area contributed by atoms with E-state index in [1.165, 1.54) is 28.8 Å². The minimum absolute atomic E-state index is 0.0338. The lowest BCUT2D eigenvalue weighted by Crippen LogP contribution is -2.60. The first-order valence-corrected chi connectivity index (χ1v) is 28.1. The normalized spacial score (nSPS) is 21.3. The molecule has 2 aliphatic carbocycles. The quantitative estimate of drug-likeness (QED) is 0.0496. The van der Waals surface area contributed by atoms with Crippen molar-refractivity contribution < 1.29 is 37.5 Å². The molecule has 0 radical (unpaired) electrons. The van der Waals surface area contributed by atoms with E-state index in [2.05, 4.69) is 85.0 Å². The van der Waals surface area contributed by atoms with Gasteiger partial charge in [-0.15, -0.1) is 0 Å². The Hall–Kier alpha value is -6.73. The predicted octanol–water partition coefficient (Wildman–Crippen LogP) is 10.2. The third-order valence-corrected chi connectivity index (χ3v) is 17.9. The zero-order valence-corrected chi connectivity index (χ0v) is 44.9. The highest BCUT2D eigenvalue weighted by molar-refractivity contribution is 7.90. The standard InChI is InChI=1S/C58H70N8O9S/c1-38(2)46-8-6-7-9-47(46)51-37-63(36-40-10-15-52(73-4)54(28-40)74-5)26-27-65(51)43-32-58(33-43)21-24-64(25-22-58)42-11-13-48(53(30-42)75-44-29-41-18-23-59-55(41)61-35-44)56(67)62-76(71,72)45-12-14-49(50(31-45)66(69)70)60-34-39-16-19-57(3,68)20-17-39/h6-15,18,23,28-31,35,38-39,43,51,60,68H,16-17,19-22,24-27,32-34,36-37H2,1-5H3,(H,59,61)(H,62,67). The number of sulfonamides is 1. The average Bonchev–Trinajstić information content (AvgIpc) is 3.89. The second-order valence-corrected chi connectivity index (χ2v) is 23.8. The summed E-state index contributed by atoms with van der Waals surface area (Å²) in [5, 5.41) is 26.5. The van der Waals surface area contributed by atoms with Gasteiger partial charge in [0.25, 0.3) is 21.6 Å². The first-order chi connectivity index (χ1) is 36.5. The Kier molecular flexibility index (Phi) is 15.1. The Labute approximate surface area is 445 Å². The van der Waals surface area contributed by atoms with Gasteiger partial charge in [-0.25, -0.2) is 18.1 Å². The van der Waals surface area contributed by atoms with Gasteiger partial charge < -0.3 is 34.5 Å². The predicted molar refractivity (Wildman–Crippen MR) is 293 cm³/mol. The van der Waals surface area contributed by atoms with Crippen LogP contribution in [-0.4, -0.2) is 109 Å². The first kappa shape index (κ1) is 52.7. The van der Waals surface area contributed by atoms with Gasteiger partial charge in [0.2, 0.25) is 0 Å². The monoisotopic (exact) mass is 1050 g/mol. The highest BCUT2D eigenvalue weighted by Crippen LogP contribution is 2.53. The van der Waals surface area contributed by atoms with Gasteiger partial charge in [0, 0.05) is 87.3 Å². The summed E-state index contributed by atoms with van der Waals surface area (Å²) in [4.78, 5) is 40.5. The molecule has 4 heterocycles. The molecule has 17 nitrogen and oxygen atoms in total. The summed E-state index contributed by atoms with van der Waals surface area (Å²) in [6.07, 6.45) is 10.4. The molecule has 2 saturated heterocycles. The number of piperazine rings is 1. The van der Waals surface area contributed by atoms with Crippen LogP contribution in [0.3, 0.4) is 0 Å². The number of hydrogen-bond donors (Lipinski definition) is 4. The number of anilines is 2. The second-order valence-electron chi connectivity index (χ2n) is 22.1. The van der Waals surface area contributed by atoms with E-state index in [0.29, 0.717) is 42.7 Å². The second kappa shape index (κ2) is 21.7. The number of amides is 1. The fraction of sp³-hybridized carbons (Fsp3) is 0.448. The lowest BCUT2D eigenvalue weighted by atomic mass is 9.59. The van der Waals surface area contributed by atoms with Gasteiger partial charge in [0.05, 0.1) is 41.4 Å². The van der Waals surface area contributed by atoms with Crippen molar-refractivity contribution in [1.82, 2.24) is 24.5 Å². The van der Waals surface area contributed by atoms with Gasteiger partial charge in [-0.3, -0.25) is 24.7 Å². The van der Waals surface area contributed by atoms with E-state index >= 15 is 0 Å². The number of nitro groups is 1. The summed E-state index contributed by atoms with van der Waals surface area (Å²) in [5.74, 6) is 1.60. The maximum atomic E-state index is 14.1. The molecular formula is C58H70N8O9S. The number of pyridine rings is 1. The number of aliphatic hydroxyl groups is 1. The summed E-state index contributed by atoms with van der Waals surface area (Å²) in [7, 11) is -1.25. The minimum atomic E-state index is -4.59. The molecule has 1 spiro atoms. The van der Waals surface area contributed by atoms with Gasteiger partial charge in [0.1, 0.15) is 22.8 Å². The van der Waals surface area contributed by atoms with Gasteiger partial charge in [-0.05, 0) is 141 Å². The molecule has 4 aromatic carbocycles. The molecule has 2 saturated carbocycles. The zero-order valence-electron chi connectivity index (χ0n) is 44.1. The smallest absolute Gasteiger partial charge is 0.293 e. The number of nitro benzene ring substituents is 1. The highest BCUT2D eigenvalue weighted by atomic mass is 32.2. The topological polar surface area (TPSA) is 205 Å². The van der Waals surface area contributed by atoms with Crippen molar-refractivity contribution in [3.63, 3.8) is 0 Å². The molecule has 10 rings (SSSR count). The third-order valence-electron chi connectivity index (χ3n) is 16.6. The number of methoxy groups -OCH3 is 2. The maximum Gasteiger partial charge on any atom is 0.293 e. The van der Waals surface area contributed by atoms with Crippen LogP contribution in [0, 0.1) is 21.4 Å². The number of H-pyrrole nitrogens is 1. The van der Waals surface area contributed by atoms with E-state index in [1.807, 2.05) is 25.1 Å². The van der Waals surface area contributed by atoms with Crippen molar-refractivity contribution in [1.29, 1.82) is 0 Å². The molecule has 76 heavy (non-hydrogen) atoms. The molecule has 18 heteroatoms. The van der Waals surface area contributed by atoms with Crippen molar-refractivity contribution in [3.8, 4) is 23.0 Å². The number of piperidine rings is 1. The average molecular weight is 1060 g/mol. The number of ether oxygens (including phenoxy) is 3. The van der Waals surface area contributed by atoms with Gasteiger partial charge in [-0.2, -0.15) is 0 Å². The summed E-state index contributed by atoms with van der Waals surface area (Å²) in [6.45, 7) is 12.1. The Morgan fingerprint density at radius 1 is 0.908 bits per heavy atom. The van der Waals surface area contributed by atoms with Crippen LogP contribution in [0.2, 0.25) is 0 Å². The molecule has 6 aromatic rings. The number of aromatic nitrogens is 2. The molecule has 4 N–H and O–H groups in total. The largest absolute Gasteiger partial charge is 0.493 e. The number of fused-ring (bicyclic) bond motifs is 1. The van der Waals surface area contributed by atoms with E-state index in [9.17, 15) is 28.4 Å². The minimum Gasteiger partial charge on any atom is -0.493 e. The van der Waals surface area contributed by atoms with Crippen LogP contribution in [0.15, 0.2) is 108 Å². The lowest BCUT2D eigenvalue weighted by molar-refractivity contribution is -0.384. The van der Waals surface area contributed by atoms with Crippen LogP contribution in [0.4, 0.5) is 17.1 Å². The SMILES string of the molecule is COc1ccc(CN2CCN(C3CC4(CCN(c5ccc(C(=O)NS(=O)(=O)c6ccc(NCC7CCC(C)(O)CC7)c([N+](=O)[O-])c6)c(Oc6cnc7[nH]ccc7c6)c5)CC4)C3)C(c3ccccc3C(C)C)C2)cc1OC. The maximum absolute atomic E-state index is 14.1. The molecule has 1 amide bonds. The Bertz CT molecular complexity index is 3190. The molecular weight excluding hydrogens is 985 g/mol. The van der Waals surface area contributed by atoms with Crippen LogP contribution in [0.25, 0.3) is 11.0 Å². The molecule has 4 fully saturated rings. The molecule has 4 aliphatic rings. The summed E-state index contributed by atoms with van der Waals surface area (Å²) >= 11 is 0.